The van der Waals surface area contributed by atoms with E-state index in [4.69, 9.17) is 9.84 Å². The number of carbonyl (C=O) groups is 2. The number of hydrogen-bond acceptors (Lipinski definition) is 3. The Labute approximate surface area is 120 Å². The largest absolute Gasteiger partial charge is 0.481 e. The Morgan fingerprint density at radius 3 is 2.70 bits per heavy atom. The number of urea groups is 1. The molecule has 0 aliphatic heterocycles. The number of aliphatic carboxylic acids is 1. The molecule has 116 valence electrons. The van der Waals surface area contributed by atoms with Crippen LogP contribution in [0, 0.1) is 5.92 Å². The van der Waals surface area contributed by atoms with Crippen LogP contribution in [0.4, 0.5) is 4.79 Å². The first-order valence-electron chi connectivity index (χ1n) is 7.26. The summed E-state index contributed by atoms with van der Waals surface area (Å²) in [5.74, 6) is -1.09. The van der Waals surface area contributed by atoms with E-state index >= 15 is 0 Å². The van der Waals surface area contributed by atoms with Gasteiger partial charge in [0.25, 0.3) is 0 Å². The first kappa shape index (κ1) is 16.8. The highest BCUT2D eigenvalue weighted by Gasteiger charge is 2.28. The van der Waals surface area contributed by atoms with Crippen LogP contribution in [0.25, 0.3) is 0 Å². The summed E-state index contributed by atoms with van der Waals surface area (Å²) >= 11 is 0. The summed E-state index contributed by atoms with van der Waals surface area (Å²) in [4.78, 5) is 24.5. The number of hydrogen-bond donors (Lipinski definition) is 2. The van der Waals surface area contributed by atoms with Crippen molar-refractivity contribution in [3.8, 4) is 0 Å². The van der Waals surface area contributed by atoms with Crippen LogP contribution in [0.1, 0.15) is 39.5 Å². The van der Waals surface area contributed by atoms with Gasteiger partial charge in [-0.1, -0.05) is 6.42 Å². The molecule has 0 saturated heterocycles. The van der Waals surface area contributed by atoms with Crippen molar-refractivity contribution in [3.63, 3.8) is 0 Å². The van der Waals surface area contributed by atoms with Crippen molar-refractivity contribution >= 4 is 12.0 Å². The van der Waals surface area contributed by atoms with E-state index in [9.17, 15) is 9.59 Å². The first-order chi connectivity index (χ1) is 9.40. The zero-order valence-electron chi connectivity index (χ0n) is 12.6. The Bertz CT molecular complexity index is 333. The molecule has 2 amide bonds. The first-order valence-corrected chi connectivity index (χ1v) is 7.26. The lowest BCUT2D eigenvalue weighted by atomic mass is 9.86. The molecule has 1 aliphatic rings. The van der Waals surface area contributed by atoms with Crippen LogP contribution in [-0.4, -0.2) is 54.4 Å². The second-order valence-electron chi connectivity index (χ2n) is 5.69. The van der Waals surface area contributed by atoms with Gasteiger partial charge in [0.2, 0.25) is 0 Å². The molecule has 0 aromatic carbocycles. The smallest absolute Gasteiger partial charge is 0.317 e. The molecule has 2 unspecified atom stereocenters. The van der Waals surface area contributed by atoms with Gasteiger partial charge in [-0.3, -0.25) is 4.79 Å². The van der Waals surface area contributed by atoms with Crippen molar-refractivity contribution in [3.05, 3.63) is 0 Å². The Kier molecular flexibility index (Phi) is 6.78. The van der Waals surface area contributed by atoms with Gasteiger partial charge in [0, 0.05) is 19.6 Å². The number of likely N-dealkylation sites (N-methyl/N-ethyl adjacent to an activating group) is 1. The number of carboxylic acids is 1. The SMILES string of the molecule is CC(C)OCCN(C)C(=O)NC1CCCC(C(=O)O)C1. The molecule has 0 aromatic rings. The Hall–Kier alpha value is -1.30. The number of carbonyl (C=O) groups excluding carboxylic acids is 1. The fourth-order valence-electron chi connectivity index (χ4n) is 2.36. The van der Waals surface area contributed by atoms with E-state index in [1.54, 1.807) is 11.9 Å². The highest BCUT2D eigenvalue weighted by atomic mass is 16.5. The molecular formula is C14H26N2O4. The Morgan fingerprint density at radius 2 is 2.10 bits per heavy atom. The van der Waals surface area contributed by atoms with Crippen molar-refractivity contribution in [2.24, 2.45) is 5.92 Å². The maximum atomic E-state index is 12.0. The van der Waals surface area contributed by atoms with E-state index in [-0.39, 0.29) is 24.1 Å². The standard InChI is InChI=1S/C14H26N2O4/c1-10(2)20-8-7-16(3)14(19)15-12-6-4-5-11(9-12)13(17)18/h10-12H,4-9H2,1-3H3,(H,15,19)(H,17,18). The van der Waals surface area contributed by atoms with Crippen LogP contribution in [-0.2, 0) is 9.53 Å². The maximum absolute atomic E-state index is 12.0. The second kappa shape index (κ2) is 8.09. The van der Waals surface area contributed by atoms with E-state index in [0.717, 1.165) is 12.8 Å². The molecule has 0 bridgehead atoms. The molecule has 2 N–H and O–H groups in total. The molecule has 1 aliphatic carbocycles. The lowest BCUT2D eigenvalue weighted by Gasteiger charge is -2.29. The average molecular weight is 286 g/mol. The summed E-state index contributed by atoms with van der Waals surface area (Å²) < 4.78 is 5.40. The predicted molar refractivity (Wildman–Crippen MR) is 75.6 cm³/mol. The molecule has 2 atom stereocenters. The third-order valence-electron chi connectivity index (χ3n) is 3.58. The summed E-state index contributed by atoms with van der Waals surface area (Å²) in [5, 5.41) is 11.9. The average Bonchev–Trinajstić information content (AvgIpc) is 2.38. The lowest BCUT2D eigenvalue weighted by Crippen LogP contribution is -2.46. The summed E-state index contributed by atoms with van der Waals surface area (Å²) in [6.07, 6.45) is 3.09. The van der Waals surface area contributed by atoms with Crippen molar-refractivity contribution in [1.82, 2.24) is 10.2 Å². The van der Waals surface area contributed by atoms with Crippen LogP contribution >= 0.6 is 0 Å². The van der Waals surface area contributed by atoms with Gasteiger partial charge in [0.15, 0.2) is 0 Å². The monoisotopic (exact) mass is 286 g/mol. The van der Waals surface area contributed by atoms with Crippen LogP contribution in [0.3, 0.4) is 0 Å². The third kappa shape index (κ3) is 5.77. The molecule has 0 radical (unpaired) electrons. The van der Waals surface area contributed by atoms with Crippen LogP contribution in [0.5, 0.6) is 0 Å². The highest BCUT2D eigenvalue weighted by Crippen LogP contribution is 2.24. The number of rotatable bonds is 6. The molecular weight excluding hydrogens is 260 g/mol. The molecule has 0 heterocycles. The number of carboxylic acid groups (broad SMARTS) is 1. The van der Waals surface area contributed by atoms with Gasteiger partial charge in [0.05, 0.1) is 18.6 Å². The van der Waals surface area contributed by atoms with Crippen molar-refractivity contribution in [1.29, 1.82) is 0 Å². The van der Waals surface area contributed by atoms with Gasteiger partial charge in [-0.15, -0.1) is 0 Å². The fraction of sp³-hybridized carbons (Fsp3) is 0.857. The van der Waals surface area contributed by atoms with Crippen LogP contribution in [0.2, 0.25) is 0 Å². The van der Waals surface area contributed by atoms with Gasteiger partial charge in [-0.05, 0) is 33.1 Å². The maximum Gasteiger partial charge on any atom is 0.317 e. The van der Waals surface area contributed by atoms with Crippen molar-refractivity contribution < 1.29 is 19.4 Å². The fourth-order valence-corrected chi connectivity index (χ4v) is 2.36. The second-order valence-corrected chi connectivity index (χ2v) is 5.69. The quantitative estimate of drug-likeness (QED) is 0.779. The molecule has 1 fully saturated rings. The van der Waals surface area contributed by atoms with Gasteiger partial charge >= 0.3 is 12.0 Å². The molecule has 0 spiro atoms. The Morgan fingerprint density at radius 1 is 1.40 bits per heavy atom. The number of ether oxygens (including phenoxy) is 1. The topological polar surface area (TPSA) is 78.9 Å². The Balaban J connectivity index is 2.31. The summed E-state index contributed by atoms with van der Waals surface area (Å²) in [6, 6.07) is -0.195. The zero-order chi connectivity index (χ0) is 15.1. The summed E-state index contributed by atoms with van der Waals surface area (Å²) in [6.45, 7) is 4.94. The van der Waals surface area contributed by atoms with Crippen LogP contribution < -0.4 is 5.32 Å². The minimum absolute atomic E-state index is 0.0363. The molecule has 6 heteroatoms. The van der Waals surface area contributed by atoms with Gasteiger partial charge in [-0.25, -0.2) is 4.79 Å². The van der Waals surface area contributed by atoms with Crippen molar-refractivity contribution in [2.75, 3.05) is 20.2 Å². The number of nitrogens with zero attached hydrogens (tertiary/aromatic N) is 1. The highest BCUT2D eigenvalue weighted by molar-refractivity contribution is 5.74. The van der Waals surface area contributed by atoms with E-state index < -0.39 is 5.97 Å². The predicted octanol–water partition coefficient (Wildman–Crippen LogP) is 1.70. The van der Waals surface area contributed by atoms with Crippen LogP contribution in [0.15, 0.2) is 0 Å². The van der Waals surface area contributed by atoms with Gasteiger partial charge in [0.1, 0.15) is 0 Å². The number of nitrogens with one attached hydrogen (secondary N) is 1. The molecule has 1 rings (SSSR count). The van der Waals surface area contributed by atoms with Gasteiger partial charge < -0.3 is 20.1 Å². The zero-order valence-corrected chi connectivity index (χ0v) is 12.6. The van der Waals surface area contributed by atoms with E-state index in [2.05, 4.69) is 5.32 Å². The molecule has 1 saturated carbocycles. The minimum atomic E-state index is -0.761. The van der Waals surface area contributed by atoms with Crippen molar-refractivity contribution in [2.45, 2.75) is 51.7 Å². The van der Waals surface area contributed by atoms with E-state index in [0.29, 0.717) is 26.0 Å². The molecule has 20 heavy (non-hydrogen) atoms. The minimum Gasteiger partial charge on any atom is -0.481 e. The summed E-state index contributed by atoms with van der Waals surface area (Å²) in [5.41, 5.74) is 0. The van der Waals surface area contributed by atoms with E-state index in [1.165, 1.54) is 0 Å². The van der Waals surface area contributed by atoms with Gasteiger partial charge in [-0.2, -0.15) is 0 Å². The summed E-state index contributed by atoms with van der Waals surface area (Å²) in [7, 11) is 1.72. The third-order valence-corrected chi connectivity index (χ3v) is 3.58. The molecule has 0 aromatic heterocycles. The normalized spacial score (nSPS) is 22.6. The van der Waals surface area contributed by atoms with E-state index in [1.807, 2.05) is 13.8 Å². The number of amides is 2. The molecule has 6 nitrogen and oxygen atoms in total. The lowest BCUT2D eigenvalue weighted by molar-refractivity contribution is -0.143.